The topological polar surface area (TPSA) is 66.4 Å². The summed E-state index contributed by atoms with van der Waals surface area (Å²) < 4.78 is 0. The Morgan fingerprint density at radius 2 is 2.04 bits per heavy atom. The maximum atomic E-state index is 12.5. The normalized spacial score (nSPS) is 16.8. The van der Waals surface area contributed by atoms with E-state index in [1.54, 1.807) is 24.3 Å². The van der Waals surface area contributed by atoms with Crippen LogP contribution in [0.3, 0.4) is 0 Å². The Morgan fingerprint density at radius 1 is 1.31 bits per heavy atom. The lowest BCUT2D eigenvalue weighted by molar-refractivity contribution is 0.0696. The summed E-state index contributed by atoms with van der Waals surface area (Å²) in [5.41, 5.74) is 1.71. The third-order valence-corrected chi connectivity index (χ3v) is 6.42. The molecule has 138 valence electrons. The number of anilines is 1. The van der Waals surface area contributed by atoms with Gasteiger partial charge < -0.3 is 10.4 Å². The zero-order valence-corrected chi connectivity index (χ0v) is 16.6. The lowest BCUT2D eigenvalue weighted by Gasteiger charge is -2.33. The predicted molar refractivity (Wildman–Crippen MR) is 106 cm³/mol. The number of fused-ring (bicyclic) bond motifs is 1. The van der Waals surface area contributed by atoms with Crippen LogP contribution in [0.2, 0.25) is 5.02 Å². The number of carboxylic acid groups (broad SMARTS) is 1. The zero-order valence-electron chi connectivity index (χ0n) is 15.1. The van der Waals surface area contributed by atoms with Gasteiger partial charge in [0.1, 0.15) is 5.00 Å². The SMILES string of the molecule is CC(C)(C)C1CCc2c(sc(NC(=O)c3cccc(Cl)c3)c2C(=O)O)C1. The molecule has 2 N–H and O–H groups in total. The van der Waals surface area contributed by atoms with Crippen LogP contribution in [-0.4, -0.2) is 17.0 Å². The Balaban J connectivity index is 1.92. The van der Waals surface area contributed by atoms with E-state index in [1.807, 2.05) is 0 Å². The summed E-state index contributed by atoms with van der Waals surface area (Å²) in [5.74, 6) is -0.828. The van der Waals surface area contributed by atoms with Crippen LogP contribution in [0.5, 0.6) is 0 Å². The molecular formula is C20H22ClNO3S. The van der Waals surface area contributed by atoms with Crippen molar-refractivity contribution in [1.82, 2.24) is 0 Å². The first-order valence-electron chi connectivity index (χ1n) is 8.61. The second-order valence-corrected chi connectivity index (χ2v) is 9.32. The molecule has 4 nitrogen and oxygen atoms in total. The first-order valence-corrected chi connectivity index (χ1v) is 9.81. The Kier molecular flexibility index (Phi) is 5.13. The summed E-state index contributed by atoms with van der Waals surface area (Å²) in [6, 6.07) is 6.62. The van der Waals surface area contributed by atoms with Gasteiger partial charge in [-0.3, -0.25) is 4.79 Å². The molecule has 1 amide bonds. The molecule has 1 aromatic carbocycles. The zero-order chi connectivity index (χ0) is 19.1. The van der Waals surface area contributed by atoms with E-state index in [2.05, 4.69) is 26.1 Å². The van der Waals surface area contributed by atoms with Gasteiger partial charge in [0.2, 0.25) is 0 Å². The van der Waals surface area contributed by atoms with E-state index in [1.165, 1.54) is 11.3 Å². The fourth-order valence-corrected chi connectivity index (χ4v) is 4.95. The molecule has 3 rings (SSSR count). The van der Waals surface area contributed by atoms with Gasteiger partial charge in [0.25, 0.3) is 5.91 Å². The minimum atomic E-state index is -0.988. The van der Waals surface area contributed by atoms with Crippen LogP contribution in [0.4, 0.5) is 5.00 Å². The van der Waals surface area contributed by atoms with Crippen LogP contribution in [0.1, 0.15) is 58.3 Å². The van der Waals surface area contributed by atoms with E-state index in [4.69, 9.17) is 11.6 Å². The van der Waals surface area contributed by atoms with Crippen molar-refractivity contribution in [1.29, 1.82) is 0 Å². The monoisotopic (exact) mass is 391 g/mol. The summed E-state index contributed by atoms with van der Waals surface area (Å²) in [5, 5.41) is 13.4. The summed E-state index contributed by atoms with van der Waals surface area (Å²) in [4.78, 5) is 25.4. The number of carboxylic acids is 1. The van der Waals surface area contributed by atoms with Crippen molar-refractivity contribution >= 4 is 39.8 Å². The number of carbonyl (C=O) groups excluding carboxylic acids is 1. The molecule has 6 heteroatoms. The van der Waals surface area contributed by atoms with E-state index in [0.717, 1.165) is 29.7 Å². The minimum absolute atomic E-state index is 0.176. The molecule has 0 saturated carbocycles. The number of halogens is 1. The molecule has 0 saturated heterocycles. The van der Waals surface area contributed by atoms with Gasteiger partial charge in [-0.05, 0) is 54.4 Å². The highest BCUT2D eigenvalue weighted by molar-refractivity contribution is 7.17. The van der Waals surface area contributed by atoms with Crippen LogP contribution >= 0.6 is 22.9 Å². The van der Waals surface area contributed by atoms with Crippen molar-refractivity contribution in [3.8, 4) is 0 Å². The maximum Gasteiger partial charge on any atom is 0.339 e. The third-order valence-electron chi connectivity index (χ3n) is 5.02. The Labute approximate surface area is 162 Å². The number of amides is 1. The van der Waals surface area contributed by atoms with Gasteiger partial charge in [-0.15, -0.1) is 11.3 Å². The van der Waals surface area contributed by atoms with Crippen LogP contribution in [0, 0.1) is 11.3 Å². The maximum absolute atomic E-state index is 12.5. The molecule has 0 aliphatic heterocycles. The molecule has 26 heavy (non-hydrogen) atoms. The van der Waals surface area contributed by atoms with E-state index < -0.39 is 5.97 Å². The molecule has 1 aliphatic carbocycles. The molecule has 0 radical (unpaired) electrons. The number of benzene rings is 1. The second-order valence-electron chi connectivity index (χ2n) is 7.78. The molecule has 0 bridgehead atoms. The van der Waals surface area contributed by atoms with E-state index in [9.17, 15) is 14.7 Å². The van der Waals surface area contributed by atoms with E-state index in [0.29, 0.717) is 21.5 Å². The number of hydrogen-bond acceptors (Lipinski definition) is 3. The summed E-state index contributed by atoms with van der Waals surface area (Å²) in [7, 11) is 0. The van der Waals surface area contributed by atoms with E-state index in [-0.39, 0.29) is 16.9 Å². The smallest absolute Gasteiger partial charge is 0.339 e. The van der Waals surface area contributed by atoms with Crippen molar-refractivity contribution in [2.24, 2.45) is 11.3 Å². The van der Waals surface area contributed by atoms with Crippen molar-refractivity contribution in [3.05, 3.63) is 50.9 Å². The van der Waals surface area contributed by atoms with Gasteiger partial charge in [-0.2, -0.15) is 0 Å². The average Bonchev–Trinajstić information content (AvgIpc) is 2.91. The third kappa shape index (κ3) is 3.79. The summed E-state index contributed by atoms with van der Waals surface area (Å²) in [6.07, 6.45) is 2.56. The Bertz CT molecular complexity index is 866. The van der Waals surface area contributed by atoms with Crippen LogP contribution < -0.4 is 5.32 Å². The molecule has 0 spiro atoms. The molecule has 2 aromatic rings. The lowest BCUT2D eigenvalue weighted by Crippen LogP contribution is -2.26. The fourth-order valence-electron chi connectivity index (χ4n) is 3.44. The van der Waals surface area contributed by atoms with E-state index >= 15 is 0 Å². The van der Waals surface area contributed by atoms with Crippen molar-refractivity contribution in [3.63, 3.8) is 0 Å². The standard InChI is InChI=1S/C20H22ClNO3S/c1-20(2,3)12-7-8-14-15(10-12)26-18(16(14)19(24)25)22-17(23)11-5-4-6-13(21)9-11/h4-6,9,12H,7-8,10H2,1-3H3,(H,22,23)(H,24,25). The number of rotatable bonds is 3. The van der Waals surface area contributed by atoms with Crippen LogP contribution in [0.15, 0.2) is 24.3 Å². The molecule has 1 aromatic heterocycles. The fraction of sp³-hybridized carbons (Fsp3) is 0.400. The van der Waals surface area contributed by atoms with Gasteiger partial charge in [0.15, 0.2) is 0 Å². The molecule has 1 heterocycles. The van der Waals surface area contributed by atoms with Crippen LogP contribution in [0.25, 0.3) is 0 Å². The quantitative estimate of drug-likeness (QED) is 0.725. The number of aromatic carboxylic acids is 1. The van der Waals surface area contributed by atoms with Crippen molar-refractivity contribution in [2.75, 3.05) is 5.32 Å². The second kappa shape index (κ2) is 7.05. The Morgan fingerprint density at radius 3 is 2.65 bits per heavy atom. The summed E-state index contributed by atoms with van der Waals surface area (Å²) >= 11 is 7.33. The highest BCUT2D eigenvalue weighted by Gasteiger charge is 2.34. The molecule has 1 unspecified atom stereocenters. The average molecular weight is 392 g/mol. The molecule has 0 fully saturated rings. The number of carbonyl (C=O) groups is 2. The number of thiophene rings is 1. The van der Waals surface area contributed by atoms with Gasteiger partial charge >= 0.3 is 5.97 Å². The number of hydrogen-bond donors (Lipinski definition) is 2. The highest BCUT2D eigenvalue weighted by Crippen LogP contribution is 2.44. The molecular weight excluding hydrogens is 370 g/mol. The summed E-state index contributed by atoms with van der Waals surface area (Å²) in [6.45, 7) is 6.66. The first kappa shape index (κ1) is 18.9. The van der Waals surface area contributed by atoms with Gasteiger partial charge in [-0.1, -0.05) is 38.4 Å². The van der Waals surface area contributed by atoms with Gasteiger partial charge in [0, 0.05) is 15.5 Å². The first-order chi connectivity index (χ1) is 12.2. The van der Waals surface area contributed by atoms with Crippen LogP contribution in [-0.2, 0) is 12.8 Å². The van der Waals surface area contributed by atoms with Crippen molar-refractivity contribution < 1.29 is 14.7 Å². The highest BCUT2D eigenvalue weighted by atomic mass is 35.5. The lowest BCUT2D eigenvalue weighted by atomic mass is 9.72. The largest absolute Gasteiger partial charge is 0.478 e. The molecule has 1 atom stereocenters. The van der Waals surface area contributed by atoms with Crippen molar-refractivity contribution in [2.45, 2.75) is 40.0 Å². The Hall–Kier alpha value is -1.85. The van der Waals surface area contributed by atoms with Gasteiger partial charge in [0.05, 0.1) is 5.56 Å². The number of nitrogens with one attached hydrogen (secondary N) is 1. The predicted octanol–water partition coefficient (Wildman–Crippen LogP) is 5.50. The minimum Gasteiger partial charge on any atom is -0.478 e. The van der Waals surface area contributed by atoms with Gasteiger partial charge in [-0.25, -0.2) is 4.79 Å². The molecule has 1 aliphatic rings.